The Morgan fingerprint density at radius 1 is 1.22 bits per heavy atom. The number of benzene rings is 1. The SMILES string of the molecule is CN1C=C(c2cnn3c(Nc4cccc(N(C)C)c4)cc(C4CCCNC4)nc23)CC=N1. The Hall–Kier alpha value is -3.39. The smallest absolute Gasteiger partial charge is 0.165 e. The Bertz CT molecular complexity index is 1170. The van der Waals surface area contributed by atoms with Gasteiger partial charge in [0.15, 0.2) is 5.65 Å². The first-order chi connectivity index (χ1) is 15.6. The molecule has 2 aromatic heterocycles. The molecule has 8 heteroatoms. The van der Waals surface area contributed by atoms with Crippen LogP contribution in [0.4, 0.5) is 17.2 Å². The third-order valence-electron chi connectivity index (χ3n) is 6.11. The first-order valence-electron chi connectivity index (χ1n) is 11.2. The fourth-order valence-electron chi connectivity index (χ4n) is 4.38. The van der Waals surface area contributed by atoms with E-state index in [1.165, 1.54) is 12.0 Å². The Labute approximate surface area is 188 Å². The van der Waals surface area contributed by atoms with E-state index in [0.717, 1.165) is 60.0 Å². The lowest BCUT2D eigenvalue weighted by Gasteiger charge is -2.23. The number of fused-ring (bicyclic) bond motifs is 1. The van der Waals surface area contributed by atoms with E-state index < -0.39 is 0 Å². The minimum atomic E-state index is 0.398. The fraction of sp³-hybridized carbons (Fsp3) is 0.375. The molecular weight excluding hydrogens is 400 g/mol. The van der Waals surface area contributed by atoms with E-state index in [1.54, 1.807) is 0 Å². The summed E-state index contributed by atoms with van der Waals surface area (Å²) in [5.74, 6) is 1.32. The van der Waals surface area contributed by atoms with Gasteiger partial charge >= 0.3 is 0 Å². The molecule has 0 saturated carbocycles. The van der Waals surface area contributed by atoms with Crippen molar-refractivity contribution in [3.8, 4) is 0 Å². The van der Waals surface area contributed by atoms with Gasteiger partial charge in [-0.1, -0.05) is 6.07 Å². The number of nitrogens with one attached hydrogen (secondary N) is 2. The number of aromatic nitrogens is 3. The van der Waals surface area contributed by atoms with Crippen molar-refractivity contribution in [3.63, 3.8) is 0 Å². The quantitative estimate of drug-likeness (QED) is 0.644. The van der Waals surface area contributed by atoms with Crippen LogP contribution in [0.2, 0.25) is 0 Å². The normalized spacial score (nSPS) is 18.7. The summed E-state index contributed by atoms with van der Waals surface area (Å²) in [5, 5.41) is 18.0. The highest BCUT2D eigenvalue weighted by atomic mass is 15.4. The van der Waals surface area contributed by atoms with Gasteiger partial charge in [0.2, 0.25) is 0 Å². The number of hydrogen-bond donors (Lipinski definition) is 2. The lowest BCUT2D eigenvalue weighted by molar-refractivity contribution is 0.455. The summed E-state index contributed by atoms with van der Waals surface area (Å²) >= 11 is 0. The van der Waals surface area contributed by atoms with Crippen molar-refractivity contribution < 1.29 is 0 Å². The number of anilines is 3. The second-order valence-electron chi connectivity index (χ2n) is 8.70. The summed E-state index contributed by atoms with van der Waals surface area (Å²) in [5.41, 5.74) is 6.39. The molecule has 1 aromatic carbocycles. The topological polar surface area (TPSA) is 73.1 Å². The molecule has 0 bridgehead atoms. The van der Waals surface area contributed by atoms with Gasteiger partial charge in [0.1, 0.15) is 5.82 Å². The molecule has 1 atom stereocenters. The minimum absolute atomic E-state index is 0.398. The largest absolute Gasteiger partial charge is 0.378 e. The van der Waals surface area contributed by atoms with Crippen LogP contribution in [0.25, 0.3) is 11.2 Å². The van der Waals surface area contributed by atoms with Crippen molar-refractivity contribution >= 4 is 34.6 Å². The number of rotatable bonds is 5. The summed E-state index contributed by atoms with van der Waals surface area (Å²) in [6.07, 6.45) is 9.00. The van der Waals surface area contributed by atoms with Gasteiger partial charge < -0.3 is 15.5 Å². The minimum Gasteiger partial charge on any atom is -0.378 e. The predicted molar refractivity (Wildman–Crippen MR) is 131 cm³/mol. The summed E-state index contributed by atoms with van der Waals surface area (Å²) in [4.78, 5) is 7.22. The Kier molecular flexibility index (Phi) is 5.53. The van der Waals surface area contributed by atoms with Gasteiger partial charge in [0, 0.05) is 75.4 Å². The summed E-state index contributed by atoms with van der Waals surface area (Å²) < 4.78 is 1.92. The predicted octanol–water partition coefficient (Wildman–Crippen LogP) is 3.67. The number of allylic oxidation sites excluding steroid dienone is 1. The van der Waals surface area contributed by atoms with E-state index >= 15 is 0 Å². The molecule has 4 heterocycles. The molecule has 2 N–H and O–H groups in total. The lowest BCUT2D eigenvalue weighted by atomic mass is 9.95. The molecule has 0 aliphatic carbocycles. The molecule has 1 fully saturated rings. The van der Waals surface area contributed by atoms with Crippen LogP contribution in [-0.2, 0) is 0 Å². The molecule has 3 aromatic rings. The molecule has 1 unspecified atom stereocenters. The van der Waals surface area contributed by atoms with E-state index in [2.05, 4.69) is 71.3 Å². The number of nitrogens with zero attached hydrogens (tertiary/aromatic N) is 6. The Balaban J connectivity index is 1.60. The zero-order valence-corrected chi connectivity index (χ0v) is 18.9. The van der Waals surface area contributed by atoms with Crippen molar-refractivity contribution in [2.24, 2.45) is 5.10 Å². The third kappa shape index (κ3) is 4.05. The highest BCUT2D eigenvalue weighted by Crippen LogP contribution is 2.31. The Morgan fingerprint density at radius 2 is 2.12 bits per heavy atom. The van der Waals surface area contributed by atoms with Gasteiger partial charge in [-0.25, -0.2) is 4.98 Å². The van der Waals surface area contributed by atoms with E-state index in [4.69, 9.17) is 10.1 Å². The standard InChI is InChI=1S/C24H30N8/c1-30(2)20-8-4-7-19(12-20)28-23-13-22(17-6-5-10-25-14-17)29-24-21(15-27-32(23)24)18-9-11-26-31(3)16-18/h4,7-8,11-13,15-17,25,28H,5-6,9-10,14H2,1-3H3. The Morgan fingerprint density at radius 3 is 2.91 bits per heavy atom. The first-order valence-corrected chi connectivity index (χ1v) is 11.2. The van der Waals surface area contributed by atoms with Gasteiger partial charge in [-0.3, -0.25) is 5.01 Å². The second kappa shape index (κ2) is 8.63. The maximum Gasteiger partial charge on any atom is 0.165 e. The molecule has 0 radical (unpaired) electrons. The molecule has 32 heavy (non-hydrogen) atoms. The van der Waals surface area contributed by atoms with Crippen molar-refractivity contribution in [2.75, 3.05) is 44.4 Å². The van der Waals surface area contributed by atoms with Crippen molar-refractivity contribution in [1.29, 1.82) is 0 Å². The van der Waals surface area contributed by atoms with Gasteiger partial charge in [0.05, 0.1) is 11.9 Å². The number of hydrogen-bond acceptors (Lipinski definition) is 7. The summed E-state index contributed by atoms with van der Waals surface area (Å²) in [6.45, 7) is 2.04. The average Bonchev–Trinajstić information content (AvgIpc) is 3.24. The molecule has 2 aliphatic rings. The molecule has 1 saturated heterocycles. The molecule has 5 rings (SSSR count). The van der Waals surface area contributed by atoms with Crippen LogP contribution in [-0.4, -0.2) is 60.1 Å². The van der Waals surface area contributed by atoms with Crippen LogP contribution in [0.3, 0.4) is 0 Å². The molecule has 0 spiro atoms. The second-order valence-corrected chi connectivity index (χ2v) is 8.70. The van der Waals surface area contributed by atoms with E-state index in [1.807, 2.05) is 29.0 Å². The monoisotopic (exact) mass is 430 g/mol. The van der Waals surface area contributed by atoms with Gasteiger partial charge in [0.25, 0.3) is 0 Å². The van der Waals surface area contributed by atoms with Crippen molar-refractivity contribution in [3.05, 3.63) is 54.0 Å². The maximum absolute atomic E-state index is 5.12. The number of piperidine rings is 1. The van der Waals surface area contributed by atoms with E-state index in [9.17, 15) is 0 Å². The maximum atomic E-state index is 5.12. The number of hydrazone groups is 1. The molecule has 166 valence electrons. The first kappa shape index (κ1) is 20.5. The van der Waals surface area contributed by atoms with Crippen LogP contribution in [0.5, 0.6) is 0 Å². The molecule has 0 amide bonds. The summed E-state index contributed by atoms with van der Waals surface area (Å²) in [6, 6.07) is 10.6. The van der Waals surface area contributed by atoms with Crippen LogP contribution in [0.15, 0.2) is 47.8 Å². The third-order valence-corrected chi connectivity index (χ3v) is 6.11. The van der Waals surface area contributed by atoms with Crippen LogP contribution in [0, 0.1) is 0 Å². The molecule has 2 aliphatic heterocycles. The van der Waals surface area contributed by atoms with E-state index in [-0.39, 0.29) is 0 Å². The van der Waals surface area contributed by atoms with Gasteiger partial charge in [-0.05, 0) is 43.2 Å². The highest BCUT2D eigenvalue weighted by Gasteiger charge is 2.21. The zero-order valence-electron chi connectivity index (χ0n) is 18.9. The molecular formula is C24H30N8. The van der Waals surface area contributed by atoms with Gasteiger partial charge in [-0.15, -0.1) is 0 Å². The lowest BCUT2D eigenvalue weighted by Crippen LogP contribution is -2.29. The average molecular weight is 431 g/mol. The van der Waals surface area contributed by atoms with Crippen LogP contribution < -0.4 is 15.5 Å². The van der Waals surface area contributed by atoms with Crippen molar-refractivity contribution in [1.82, 2.24) is 24.9 Å². The molecule has 8 nitrogen and oxygen atoms in total. The van der Waals surface area contributed by atoms with Gasteiger partial charge in [-0.2, -0.15) is 14.7 Å². The van der Waals surface area contributed by atoms with Crippen LogP contribution >= 0.6 is 0 Å². The summed E-state index contributed by atoms with van der Waals surface area (Å²) in [7, 11) is 6.05. The fourth-order valence-corrected chi connectivity index (χ4v) is 4.38. The van der Waals surface area contributed by atoms with Crippen molar-refractivity contribution in [2.45, 2.75) is 25.2 Å². The van der Waals surface area contributed by atoms with Crippen LogP contribution in [0.1, 0.15) is 36.4 Å². The highest BCUT2D eigenvalue weighted by molar-refractivity contribution is 5.86. The van der Waals surface area contributed by atoms with E-state index in [0.29, 0.717) is 5.92 Å². The zero-order chi connectivity index (χ0) is 22.1.